The van der Waals surface area contributed by atoms with Crippen molar-refractivity contribution < 1.29 is 9.53 Å². The smallest absolute Gasteiger partial charge is 0.234 e. The molecule has 0 aliphatic carbocycles. The number of ether oxygens (including phenoxy) is 1. The lowest BCUT2D eigenvalue weighted by molar-refractivity contribution is -0.121. The minimum atomic E-state index is -0.276. The van der Waals surface area contributed by atoms with Crippen LogP contribution in [0.5, 0.6) is 0 Å². The van der Waals surface area contributed by atoms with Crippen LogP contribution in [0.25, 0.3) is 0 Å². The fourth-order valence-electron chi connectivity index (χ4n) is 1.52. The van der Waals surface area contributed by atoms with E-state index in [0.29, 0.717) is 13.2 Å². The van der Waals surface area contributed by atoms with E-state index in [4.69, 9.17) is 10.5 Å². The molecule has 0 rings (SSSR count). The van der Waals surface area contributed by atoms with Gasteiger partial charge in [-0.25, -0.2) is 0 Å². The normalized spacial score (nSPS) is 15.1. The highest BCUT2D eigenvalue weighted by molar-refractivity contribution is 5.80. The summed E-state index contributed by atoms with van der Waals surface area (Å²) < 4.78 is 4.90. The maximum absolute atomic E-state index is 11.1. The quantitative estimate of drug-likeness (QED) is 0.564. The van der Waals surface area contributed by atoms with Gasteiger partial charge in [-0.05, 0) is 12.3 Å². The number of nitrogens with one attached hydrogen (secondary N) is 1. The van der Waals surface area contributed by atoms with Crippen molar-refractivity contribution in [1.29, 1.82) is 0 Å². The Hall–Kier alpha value is -0.610. The Morgan fingerprint density at radius 3 is 2.64 bits per heavy atom. The van der Waals surface area contributed by atoms with Crippen LogP contribution in [0, 0.1) is 5.92 Å². The second kappa shape index (κ2) is 7.76. The number of rotatable bonds is 8. The fraction of sp³-hybridized carbons (Fsp3) is 0.900. The van der Waals surface area contributed by atoms with Crippen LogP contribution >= 0.6 is 0 Å². The first-order valence-electron chi connectivity index (χ1n) is 5.15. The third-order valence-electron chi connectivity index (χ3n) is 2.29. The minimum absolute atomic E-state index is 0.231. The first kappa shape index (κ1) is 13.4. The van der Waals surface area contributed by atoms with Gasteiger partial charge in [-0.15, -0.1) is 0 Å². The molecule has 0 spiro atoms. The topological polar surface area (TPSA) is 64.3 Å². The summed E-state index contributed by atoms with van der Waals surface area (Å²) in [5.74, 6) is 0.0106. The second-order valence-electron chi connectivity index (χ2n) is 3.59. The summed E-state index contributed by atoms with van der Waals surface area (Å²) in [6, 6.07) is -0.231. The van der Waals surface area contributed by atoms with Gasteiger partial charge < -0.3 is 15.8 Å². The fourth-order valence-corrected chi connectivity index (χ4v) is 1.52. The van der Waals surface area contributed by atoms with Crippen LogP contribution in [0.1, 0.15) is 26.7 Å². The molecule has 0 aromatic rings. The third kappa shape index (κ3) is 5.19. The molecule has 0 aromatic heterocycles. The standard InChI is InChI=1S/C10H22N2O2/c1-4-5-8(2)9(10(11)13)12-6-7-14-3/h8-9,12H,4-7H2,1-3H3,(H2,11,13). The van der Waals surface area contributed by atoms with Gasteiger partial charge in [-0.3, -0.25) is 4.79 Å². The highest BCUT2D eigenvalue weighted by Crippen LogP contribution is 2.10. The van der Waals surface area contributed by atoms with Gasteiger partial charge in [0.2, 0.25) is 5.91 Å². The van der Waals surface area contributed by atoms with Crippen molar-refractivity contribution in [2.24, 2.45) is 11.7 Å². The first-order chi connectivity index (χ1) is 6.63. The molecule has 0 fully saturated rings. The zero-order valence-corrected chi connectivity index (χ0v) is 9.38. The van der Waals surface area contributed by atoms with E-state index >= 15 is 0 Å². The Bertz CT molecular complexity index is 162. The Labute approximate surface area is 86.2 Å². The Balaban J connectivity index is 3.94. The molecule has 3 N–H and O–H groups in total. The third-order valence-corrected chi connectivity index (χ3v) is 2.29. The van der Waals surface area contributed by atoms with E-state index in [-0.39, 0.29) is 17.9 Å². The maximum Gasteiger partial charge on any atom is 0.234 e. The van der Waals surface area contributed by atoms with Crippen molar-refractivity contribution in [3.8, 4) is 0 Å². The Morgan fingerprint density at radius 2 is 2.21 bits per heavy atom. The number of carbonyl (C=O) groups is 1. The number of primary amides is 1. The van der Waals surface area contributed by atoms with Crippen LogP contribution in [0.3, 0.4) is 0 Å². The lowest BCUT2D eigenvalue weighted by Gasteiger charge is -2.21. The summed E-state index contributed by atoms with van der Waals surface area (Å²) in [5.41, 5.74) is 5.31. The zero-order chi connectivity index (χ0) is 11.0. The summed E-state index contributed by atoms with van der Waals surface area (Å²) in [7, 11) is 1.64. The van der Waals surface area contributed by atoms with Gasteiger partial charge in [0.25, 0.3) is 0 Å². The second-order valence-corrected chi connectivity index (χ2v) is 3.59. The molecule has 1 amide bonds. The van der Waals surface area contributed by atoms with Crippen molar-refractivity contribution in [3.05, 3.63) is 0 Å². The van der Waals surface area contributed by atoms with Gasteiger partial charge >= 0.3 is 0 Å². The largest absolute Gasteiger partial charge is 0.383 e. The monoisotopic (exact) mass is 202 g/mol. The SMILES string of the molecule is CCCC(C)C(NCCOC)C(N)=O. The Kier molecular flexibility index (Phi) is 7.42. The Morgan fingerprint density at radius 1 is 1.57 bits per heavy atom. The van der Waals surface area contributed by atoms with E-state index in [2.05, 4.69) is 12.2 Å². The van der Waals surface area contributed by atoms with Crippen molar-refractivity contribution in [1.82, 2.24) is 5.32 Å². The number of methoxy groups -OCH3 is 1. The first-order valence-corrected chi connectivity index (χ1v) is 5.15. The molecule has 0 aliphatic heterocycles. The molecule has 4 heteroatoms. The molecule has 2 unspecified atom stereocenters. The van der Waals surface area contributed by atoms with E-state index in [1.807, 2.05) is 6.92 Å². The number of hydrogen-bond acceptors (Lipinski definition) is 3. The van der Waals surface area contributed by atoms with E-state index in [1.165, 1.54) is 0 Å². The molecule has 0 saturated heterocycles. The van der Waals surface area contributed by atoms with Crippen LogP contribution in [-0.4, -0.2) is 32.2 Å². The highest BCUT2D eigenvalue weighted by Gasteiger charge is 2.20. The van der Waals surface area contributed by atoms with Crippen LogP contribution < -0.4 is 11.1 Å². The van der Waals surface area contributed by atoms with Gasteiger partial charge in [-0.1, -0.05) is 20.3 Å². The van der Waals surface area contributed by atoms with Gasteiger partial charge in [0, 0.05) is 13.7 Å². The van der Waals surface area contributed by atoms with Gasteiger partial charge in [0.15, 0.2) is 0 Å². The molecule has 0 bridgehead atoms. The van der Waals surface area contributed by atoms with Crippen molar-refractivity contribution >= 4 is 5.91 Å². The van der Waals surface area contributed by atoms with Crippen LogP contribution in [-0.2, 0) is 9.53 Å². The van der Waals surface area contributed by atoms with Gasteiger partial charge in [0.1, 0.15) is 0 Å². The molecule has 14 heavy (non-hydrogen) atoms. The summed E-state index contributed by atoms with van der Waals surface area (Å²) in [6.07, 6.45) is 2.07. The van der Waals surface area contributed by atoms with Crippen LogP contribution in [0.2, 0.25) is 0 Å². The highest BCUT2D eigenvalue weighted by atomic mass is 16.5. The molecule has 0 saturated carbocycles. The average molecular weight is 202 g/mol. The number of nitrogens with two attached hydrogens (primary N) is 1. The zero-order valence-electron chi connectivity index (χ0n) is 9.38. The predicted molar refractivity (Wildman–Crippen MR) is 56.9 cm³/mol. The molecule has 0 aliphatic rings. The summed E-state index contributed by atoms with van der Waals surface area (Å²) in [5, 5.41) is 3.11. The van der Waals surface area contributed by atoms with Gasteiger partial charge in [0.05, 0.1) is 12.6 Å². The molecule has 0 aromatic carbocycles. The molecular weight excluding hydrogens is 180 g/mol. The average Bonchev–Trinajstić information content (AvgIpc) is 2.12. The van der Waals surface area contributed by atoms with E-state index in [1.54, 1.807) is 7.11 Å². The molecular formula is C10H22N2O2. The molecule has 84 valence electrons. The van der Waals surface area contributed by atoms with Crippen molar-refractivity contribution in [2.75, 3.05) is 20.3 Å². The van der Waals surface area contributed by atoms with E-state index in [0.717, 1.165) is 12.8 Å². The van der Waals surface area contributed by atoms with Crippen molar-refractivity contribution in [3.63, 3.8) is 0 Å². The molecule has 0 radical (unpaired) electrons. The van der Waals surface area contributed by atoms with Crippen LogP contribution in [0.4, 0.5) is 0 Å². The predicted octanol–water partition coefficient (Wildman–Crippen LogP) is 0.513. The van der Waals surface area contributed by atoms with E-state index in [9.17, 15) is 4.79 Å². The summed E-state index contributed by atoms with van der Waals surface area (Å²) >= 11 is 0. The van der Waals surface area contributed by atoms with Gasteiger partial charge in [-0.2, -0.15) is 0 Å². The molecule has 2 atom stereocenters. The van der Waals surface area contributed by atoms with E-state index < -0.39 is 0 Å². The minimum Gasteiger partial charge on any atom is -0.383 e. The lowest BCUT2D eigenvalue weighted by atomic mass is 9.96. The molecule has 4 nitrogen and oxygen atoms in total. The number of hydrogen-bond donors (Lipinski definition) is 2. The van der Waals surface area contributed by atoms with Crippen molar-refractivity contribution in [2.45, 2.75) is 32.7 Å². The lowest BCUT2D eigenvalue weighted by Crippen LogP contribution is -2.46. The number of amides is 1. The molecule has 0 heterocycles. The number of carbonyl (C=O) groups excluding carboxylic acids is 1. The maximum atomic E-state index is 11.1. The summed E-state index contributed by atoms with van der Waals surface area (Å²) in [6.45, 7) is 5.41. The summed E-state index contributed by atoms with van der Waals surface area (Å²) in [4.78, 5) is 11.1. The van der Waals surface area contributed by atoms with Crippen LogP contribution in [0.15, 0.2) is 0 Å².